The molecule has 0 radical (unpaired) electrons. The largest absolute Gasteiger partial charge is 0.345 e. The predicted octanol–water partition coefficient (Wildman–Crippen LogP) is 3.04. The number of hydrogen-bond donors (Lipinski definition) is 1. The lowest BCUT2D eigenvalue weighted by molar-refractivity contribution is 0.237. The fourth-order valence-electron chi connectivity index (χ4n) is 3.14. The van der Waals surface area contributed by atoms with Crippen LogP contribution in [0.1, 0.15) is 28.5 Å². The first-order valence-corrected chi connectivity index (χ1v) is 8.33. The molecule has 3 aromatic rings. The summed E-state index contributed by atoms with van der Waals surface area (Å²) in [6.45, 7) is 6.82. The Hall–Kier alpha value is -2.53. The third kappa shape index (κ3) is 2.95. The Balaban J connectivity index is 1.51. The number of benzene rings is 1. The minimum absolute atomic E-state index is 0.820. The van der Waals surface area contributed by atoms with E-state index < -0.39 is 0 Å². The Kier molecular flexibility index (Phi) is 3.86. The first-order chi connectivity index (χ1) is 11.7. The molecule has 0 aliphatic carbocycles. The molecule has 0 saturated heterocycles. The second-order valence-electron chi connectivity index (χ2n) is 6.39. The van der Waals surface area contributed by atoms with Gasteiger partial charge in [-0.2, -0.15) is 0 Å². The van der Waals surface area contributed by atoms with Crippen LogP contribution in [-0.2, 0) is 19.5 Å². The third-order valence-electron chi connectivity index (χ3n) is 4.60. The second-order valence-corrected chi connectivity index (χ2v) is 6.39. The fourth-order valence-corrected chi connectivity index (χ4v) is 3.14. The summed E-state index contributed by atoms with van der Waals surface area (Å²) in [4.78, 5) is 19.7. The summed E-state index contributed by atoms with van der Waals surface area (Å²) in [5, 5.41) is 0. The number of H-pyrrole nitrogens is 1. The third-order valence-corrected chi connectivity index (χ3v) is 4.60. The van der Waals surface area contributed by atoms with Gasteiger partial charge in [-0.25, -0.2) is 15.0 Å². The highest BCUT2D eigenvalue weighted by Gasteiger charge is 2.20. The molecule has 2 aromatic heterocycles. The van der Waals surface area contributed by atoms with Gasteiger partial charge in [-0.05, 0) is 13.8 Å². The number of rotatable bonds is 3. The van der Waals surface area contributed by atoms with Gasteiger partial charge in [0.2, 0.25) is 0 Å². The Bertz CT molecular complexity index is 834. The molecule has 1 aromatic carbocycles. The van der Waals surface area contributed by atoms with E-state index in [-0.39, 0.29) is 0 Å². The summed E-state index contributed by atoms with van der Waals surface area (Å²) in [5.41, 5.74) is 5.70. The summed E-state index contributed by atoms with van der Waals surface area (Å²) in [7, 11) is 0. The maximum absolute atomic E-state index is 4.78. The van der Waals surface area contributed by atoms with Gasteiger partial charge in [-0.15, -0.1) is 0 Å². The predicted molar refractivity (Wildman–Crippen MR) is 93.3 cm³/mol. The van der Waals surface area contributed by atoms with Gasteiger partial charge in [0.25, 0.3) is 0 Å². The number of aromatic amines is 1. The van der Waals surface area contributed by atoms with Gasteiger partial charge < -0.3 is 4.98 Å². The van der Waals surface area contributed by atoms with Crippen molar-refractivity contribution >= 4 is 0 Å². The average molecular weight is 319 g/mol. The zero-order valence-corrected chi connectivity index (χ0v) is 14.1. The van der Waals surface area contributed by atoms with Gasteiger partial charge in [0.15, 0.2) is 5.82 Å². The summed E-state index contributed by atoms with van der Waals surface area (Å²) in [5.74, 6) is 1.86. The molecular weight excluding hydrogens is 298 g/mol. The molecule has 1 aliphatic rings. The molecule has 3 heterocycles. The van der Waals surface area contributed by atoms with E-state index >= 15 is 0 Å². The Morgan fingerprint density at radius 3 is 2.71 bits per heavy atom. The topological polar surface area (TPSA) is 57.7 Å². The molecule has 0 spiro atoms. The number of nitrogens with one attached hydrogen (secondary N) is 1. The van der Waals surface area contributed by atoms with E-state index in [0.717, 1.165) is 54.7 Å². The molecule has 1 aliphatic heterocycles. The van der Waals surface area contributed by atoms with Crippen molar-refractivity contribution in [2.24, 2.45) is 0 Å². The van der Waals surface area contributed by atoms with E-state index in [1.165, 1.54) is 11.3 Å². The highest BCUT2D eigenvalue weighted by atomic mass is 15.2. The van der Waals surface area contributed by atoms with Crippen LogP contribution in [0.2, 0.25) is 0 Å². The van der Waals surface area contributed by atoms with Gasteiger partial charge in [0, 0.05) is 42.5 Å². The smallest absolute Gasteiger partial charge is 0.159 e. The number of aromatic nitrogens is 4. The maximum atomic E-state index is 4.78. The van der Waals surface area contributed by atoms with Crippen LogP contribution >= 0.6 is 0 Å². The highest BCUT2D eigenvalue weighted by molar-refractivity contribution is 5.54. The molecule has 0 unspecified atom stereocenters. The standard InChI is InChI=1S/C19H21N5/c1-13-14(2)22-18(21-13)12-24-9-8-17-16(11-24)10-20-19(23-17)15-6-4-3-5-7-15/h3-7,10H,8-9,11-12H2,1-2H3,(H,21,22). The summed E-state index contributed by atoms with van der Waals surface area (Å²) in [6.07, 6.45) is 2.94. The van der Waals surface area contributed by atoms with Crippen LogP contribution in [0, 0.1) is 13.8 Å². The van der Waals surface area contributed by atoms with Crippen molar-refractivity contribution in [3.8, 4) is 11.4 Å². The molecule has 1 N–H and O–H groups in total. The van der Waals surface area contributed by atoms with Gasteiger partial charge in [0.05, 0.1) is 17.9 Å². The van der Waals surface area contributed by atoms with Gasteiger partial charge >= 0.3 is 0 Å². The molecule has 0 bridgehead atoms. The van der Waals surface area contributed by atoms with Crippen molar-refractivity contribution in [1.82, 2.24) is 24.8 Å². The molecule has 5 heteroatoms. The van der Waals surface area contributed by atoms with Crippen LogP contribution in [0.15, 0.2) is 36.5 Å². The van der Waals surface area contributed by atoms with Crippen molar-refractivity contribution in [2.75, 3.05) is 6.54 Å². The first kappa shape index (κ1) is 15.0. The minimum Gasteiger partial charge on any atom is -0.345 e. The number of imidazole rings is 1. The minimum atomic E-state index is 0.820. The first-order valence-electron chi connectivity index (χ1n) is 8.33. The second kappa shape index (κ2) is 6.17. The van der Waals surface area contributed by atoms with Crippen molar-refractivity contribution < 1.29 is 0 Å². The Morgan fingerprint density at radius 2 is 1.96 bits per heavy atom. The van der Waals surface area contributed by atoms with Crippen LogP contribution in [0.25, 0.3) is 11.4 Å². The van der Waals surface area contributed by atoms with Gasteiger partial charge in [-0.3, -0.25) is 4.90 Å². The molecule has 0 amide bonds. The van der Waals surface area contributed by atoms with E-state index in [0.29, 0.717) is 0 Å². The van der Waals surface area contributed by atoms with Crippen molar-refractivity contribution in [3.05, 3.63) is 65.0 Å². The molecule has 24 heavy (non-hydrogen) atoms. The number of aryl methyl sites for hydroxylation is 2. The lowest BCUT2D eigenvalue weighted by Crippen LogP contribution is -2.31. The van der Waals surface area contributed by atoms with Crippen molar-refractivity contribution in [1.29, 1.82) is 0 Å². The maximum Gasteiger partial charge on any atom is 0.159 e. The highest BCUT2D eigenvalue weighted by Crippen LogP contribution is 2.21. The lowest BCUT2D eigenvalue weighted by atomic mass is 10.1. The zero-order chi connectivity index (χ0) is 16.5. The molecule has 0 fully saturated rings. The van der Waals surface area contributed by atoms with Gasteiger partial charge in [-0.1, -0.05) is 30.3 Å². The molecule has 4 rings (SSSR count). The van der Waals surface area contributed by atoms with Crippen molar-refractivity contribution in [2.45, 2.75) is 33.4 Å². The van der Waals surface area contributed by atoms with Crippen LogP contribution in [0.3, 0.4) is 0 Å². The van der Waals surface area contributed by atoms with Crippen molar-refractivity contribution in [3.63, 3.8) is 0 Å². The summed E-state index contributed by atoms with van der Waals surface area (Å²) in [6, 6.07) is 10.2. The molecule has 0 atom stereocenters. The Morgan fingerprint density at radius 1 is 1.12 bits per heavy atom. The normalized spacial score (nSPS) is 14.6. The van der Waals surface area contributed by atoms with E-state index in [2.05, 4.69) is 38.9 Å². The average Bonchev–Trinajstić information content (AvgIpc) is 2.92. The van der Waals surface area contributed by atoms with Crippen LogP contribution in [-0.4, -0.2) is 31.4 Å². The monoisotopic (exact) mass is 319 g/mol. The van der Waals surface area contributed by atoms with E-state index in [1.54, 1.807) is 0 Å². The number of fused-ring (bicyclic) bond motifs is 1. The molecule has 5 nitrogen and oxygen atoms in total. The van der Waals surface area contributed by atoms with E-state index in [4.69, 9.17) is 4.98 Å². The SMILES string of the molecule is Cc1nc(CN2CCc3nc(-c4ccccc4)ncc3C2)[nH]c1C. The van der Waals surface area contributed by atoms with Gasteiger partial charge in [0.1, 0.15) is 5.82 Å². The molecular formula is C19H21N5. The van der Waals surface area contributed by atoms with Crippen LogP contribution < -0.4 is 0 Å². The quantitative estimate of drug-likeness (QED) is 0.806. The Labute approximate surface area is 141 Å². The zero-order valence-electron chi connectivity index (χ0n) is 14.1. The lowest BCUT2D eigenvalue weighted by Gasteiger charge is -2.27. The van der Waals surface area contributed by atoms with Crippen LogP contribution in [0.4, 0.5) is 0 Å². The summed E-state index contributed by atoms with van der Waals surface area (Å²) >= 11 is 0. The fraction of sp³-hybridized carbons (Fsp3) is 0.316. The molecule has 0 saturated carbocycles. The van der Waals surface area contributed by atoms with Crippen LogP contribution in [0.5, 0.6) is 0 Å². The summed E-state index contributed by atoms with van der Waals surface area (Å²) < 4.78 is 0. The van der Waals surface area contributed by atoms with E-state index in [1.807, 2.05) is 31.3 Å². The molecule has 122 valence electrons. The number of hydrogen-bond acceptors (Lipinski definition) is 4. The number of nitrogens with zero attached hydrogens (tertiary/aromatic N) is 4. The van der Waals surface area contributed by atoms with E-state index in [9.17, 15) is 0 Å².